The molecule has 82 valence electrons. The Labute approximate surface area is 87.1 Å². The topological polar surface area (TPSA) is 23.6 Å². The molecule has 14 heavy (non-hydrogen) atoms. The summed E-state index contributed by atoms with van der Waals surface area (Å²) < 4.78 is 0. The van der Waals surface area contributed by atoms with Crippen molar-refractivity contribution in [1.29, 1.82) is 0 Å². The average Bonchev–Trinajstić information content (AvgIpc) is 2.09. The van der Waals surface area contributed by atoms with Gasteiger partial charge in [0.25, 0.3) is 0 Å². The van der Waals surface area contributed by atoms with Gasteiger partial charge in [0.2, 0.25) is 0 Å². The maximum absolute atomic E-state index is 12.2. The van der Waals surface area contributed by atoms with Crippen LogP contribution < -0.4 is 0 Å². The molecule has 1 saturated carbocycles. The summed E-state index contributed by atoms with van der Waals surface area (Å²) in [7, 11) is 7.97. The van der Waals surface area contributed by atoms with Gasteiger partial charge in [0.1, 0.15) is 0 Å². The van der Waals surface area contributed by atoms with E-state index < -0.39 is 0 Å². The number of likely N-dealkylation sites (N-methyl/N-ethyl adjacent to an activating group) is 2. The fourth-order valence-corrected chi connectivity index (χ4v) is 2.19. The Morgan fingerprint density at radius 2 is 1.86 bits per heavy atom. The Hall–Kier alpha value is -0.410. The first-order valence-electron chi connectivity index (χ1n) is 5.28. The summed E-state index contributed by atoms with van der Waals surface area (Å²) in [5, 5.41) is 0. The van der Waals surface area contributed by atoms with Crippen LogP contribution in [0.15, 0.2) is 0 Å². The first-order valence-corrected chi connectivity index (χ1v) is 5.28. The highest BCUT2D eigenvalue weighted by atomic mass is 16.1. The molecule has 0 spiro atoms. The zero-order valence-corrected chi connectivity index (χ0v) is 10.0. The molecule has 1 fully saturated rings. The first kappa shape index (κ1) is 11.7. The van der Waals surface area contributed by atoms with E-state index in [9.17, 15) is 4.79 Å². The van der Waals surface area contributed by atoms with Gasteiger partial charge < -0.3 is 0 Å². The Bertz CT molecular complexity index is 225. The van der Waals surface area contributed by atoms with Gasteiger partial charge in [-0.3, -0.25) is 14.6 Å². The van der Waals surface area contributed by atoms with Crippen LogP contribution in [0.1, 0.15) is 26.2 Å². The van der Waals surface area contributed by atoms with E-state index in [0.29, 0.717) is 5.78 Å². The summed E-state index contributed by atoms with van der Waals surface area (Å²) in [6.45, 7) is 2.06. The minimum atomic E-state index is -0.257. The normalized spacial score (nSPS) is 34.2. The van der Waals surface area contributed by atoms with Gasteiger partial charge in [-0.2, -0.15) is 0 Å². The molecule has 0 N–H and O–H groups in total. The van der Waals surface area contributed by atoms with Crippen molar-refractivity contribution in [2.75, 3.05) is 28.2 Å². The molecule has 3 nitrogen and oxygen atoms in total. The minimum Gasteiger partial charge on any atom is -0.300 e. The molecule has 0 heterocycles. The third kappa shape index (κ3) is 1.84. The molecule has 0 bridgehead atoms. The highest BCUT2D eigenvalue weighted by Gasteiger charge is 2.43. The summed E-state index contributed by atoms with van der Waals surface area (Å²) in [6.07, 6.45) is 3.14. The van der Waals surface area contributed by atoms with Crippen LogP contribution in [0, 0.1) is 0 Å². The van der Waals surface area contributed by atoms with Gasteiger partial charge in [0.15, 0.2) is 5.78 Å². The SMILES string of the molecule is CN(C)[C@H]1CCC[C@@](C)(N(C)C)C1=O. The van der Waals surface area contributed by atoms with Gasteiger partial charge in [-0.05, 0) is 54.4 Å². The van der Waals surface area contributed by atoms with Crippen LogP contribution in [0.25, 0.3) is 0 Å². The number of carbonyl (C=O) groups excluding carboxylic acids is 1. The summed E-state index contributed by atoms with van der Waals surface area (Å²) in [5.74, 6) is 0.374. The van der Waals surface area contributed by atoms with Crippen molar-refractivity contribution in [2.45, 2.75) is 37.8 Å². The molecular weight excluding hydrogens is 176 g/mol. The number of hydrogen-bond donors (Lipinski definition) is 0. The second kappa shape index (κ2) is 3.99. The second-order valence-corrected chi connectivity index (χ2v) is 4.90. The highest BCUT2D eigenvalue weighted by Crippen LogP contribution is 2.30. The first-order chi connectivity index (χ1) is 6.39. The molecular formula is C11H22N2O. The molecule has 1 aliphatic rings. The van der Waals surface area contributed by atoms with Crippen molar-refractivity contribution >= 4 is 5.78 Å². The van der Waals surface area contributed by atoms with E-state index >= 15 is 0 Å². The molecule has 3 heteroatoms. The largest absolute Gasteiger partial charge is 0.300 e. The van der Waals surface area contributed by atoms with Crippen LogP contribution >= 0.6 is 0 Å². The molecule has 0 saturated heterocycles. The fourth-order valence-electron chi connectivity index (χ4n) is 2.19. The van der Waals surface area contributed by atoms with Crippen molar-refractivity contribution in [2.24, 2.45) is 0 Å². The number of rotatable bonds is 2. The minimum absolute atomic E-state index is 0.108. The molecule has 0 radical (unpaired) electrons. The van der Waals surface area contributed by atoms with Crippen LogP contribution in [-0.4, -0.2) is 55.4 Å². The third-order valence-corrected chi connectivity index (χ3v) is 3.59. The summed E-state index contributed by atoms with van der Waals surface area (Å²) >= 11 is 0. The zero-order chi connectivity index (χ0) is 10.9. The van der Waals surface area contributed by atoms with E-state index in [1.807, 2.05) is 33.1 Å². The predicted octanol–water partition coefficient (Wildman–Crippen LogP) is 0.990. The predicted molar refractivity (Wildman–Crippen MR) is 58.4 cm³/mol. The summed E-state index contributed by atoms with van der Waals surface area (Å²) in [5.41, 5.74) is -0.257. The van der Waals surface area contributed by atoms with Crippen LogP contribution in [0.4, 0.5) is 0 Å². The lowest BCUT2D eigenvalue weighted by Gasteiger charge is -2.43. The monoisotopic (exact) mass is 198 g/mol. The van der Waals surface area contributed by atoms with Gasteiger partial charge in [-0.1, -0.05) is 0 Å². The molecule has 0 aromatic carbocycles. The van der Waals surface area contributed by atoms with Crippen molar-refractivity contribution in [3.8, 4) is 0 Å². The van der Waals surface area contributed by atoms with Crippen LogP contribution in [-0.2, 0) is 4.79 Å². The molecule has 0 aromatic heterocycles. The second-order valence-electron chi connectivity index (χ2n) is 4.90. The van der Waals surface area contributed by atoms with E-state index in [2.05, 4.69) is 11.8 Å². The lowest BCUT2D eigenvalue weighted by Crippen LogP contribution is -2.58. The summed E-state index contributed by atoms with van der Waals surface area (Å²) in [4.78, 5) is 16.4. The standard InChI is InChI=1S/C11H22N2O/c1-11(13(4)5)8-6-7-9(10(11)14)12(2)3/h9H,6-8H2,1-5H3/t9-,11+/m0/s1. The van der Waals surface area contributed by atoms with Gasteiger partial charge in [0, 0.05) is 0 Å². The van der Waals surface area contributed by atoms with Crippen LogP contribution in [0.3, 0.4) is 0 Å². The quantitative estimate of drug-likeness (QED) is 0.661. The molecule has 1 rings (SSSR count). The Morgan fingerprint density at radius 1 is 1.29 bits per heavy atom. The van der Waals surface area contributed by atoms with Gasteiger partial charge in [0.05, 0.1) is 11.6 Å². The molecule has 1 aliphatic carbocycles. The third-order valence-electron chi connectivity index (χ3n) is 3.59. The molecule has 0 amide bonds. The van der Waals surface area contributed by atoms with Crippen molar-refractivity contribution in [1.82, 2.24) is 9.80 Å². The van der Waals surface area contributed by atoms with E-state index in [4.69, 9.17) is 0 Å². The molecule has 2 atom stereocenters. The van der Waals surface area contributed by atoms with E-state index in [-0.39, 0.29) is 11.6 Å². The van der Waals surface area contributed by atoms with Gasteiger partial charge in [-0.25, -0.2) is 0 Å². The van der Waals surface area contributed by atoms with Crippen molar-refractivity contribution in [3.63, 3.8) is 0 Å². The lowest BCUT2D eigenvalue weighted by molar-refractivity contribution is -0.136. The Morgan fingerprint density at radius 3 is 2.29 bits per heavy atom. The molecule has 0 aromatic rings. The van der Waals surface area contributed by atoms with Gasteiger partial charge >= 0.3 is 0 Å². The van der Waals surface area contributed by atoms with Crippen molar-refractivity contribution in [3.05, 3.63) is 0 Å². The molecule has 0 aliphatic heterocycles. The van der Waals surface area contributed by atoms with Gasteiger partial charge in [-0.15, -0.1) is 0 Å². The highest BCUT2D eigenvalue weighted by molar-refractivity contribution is 5.93. The maximum Gasteiger partial charge on any atom is 0.169 e. The number of ketones is 1. The maximum atomic E-state index is 12.2. The number of Topliss-reactive ketones (excluding diaryl/α,β-unsaturated/α-hetero) is 1. The fraction of sp³-hybridized carbons (Fsp3) is 0.909. The Kier molecular flexibility index (Phi) is 3.32. The lowest BCUT2D eigenvalue weighted by atomic mass is 9.78. The number of carbonyl (C=O) groups is 1. The summed E-state index contributed by atoms with van der Waals surface area (Å²) in [6, 6.07) is 0.108. The van der Waals surface area contributed by atoms with E-state index in [1.165, 1.54) is 0 Å². The Balaban J connectivity index is 2.86. The number of hydrogen-bond acceptors (Lipinski definition) is 3. The number of nitrogens with zero attached hydrogens (tertiary/aromatic N) is 2. The average molecular weight is 198 g/mol. The zero-order valence-electron chi connectivity index (χ0n) is 10.0. The van der Waals surface area contributed by atoms with Crippen LogP contribution in [0.5, 0.6) is 0 Å². The van der Waals surface area contributed by atoms with E-state index in [1.54, 1.807) is 0 Å². The van der Waals surface area contributed by atoms with Crippen molar-refractivity contribution < 1.29 is 4.79 Å². The van der Waals surface area contributed by atoms with Crippen LogP contribution in [0.2, 0.25) is 0 Å². The molecule has 0 unspecified atom stereocenters. The van der Waals surface area contributed by atoms with E-state index in [0.717, 1.165) is 19.3 Å². The smallest absolute Gasteiger partial charge is 0.169 e.